The zero-order valence-corrected chi connectivity index (χ0v) is 20.3. The Labute approximate surface area is 190 Å². The highest BCUT2D eigenvalue weighted by Gasteiger charge is 2.41. The molecule has 1 unspecified atom stereocenters. The molecule has 0 amide bonds. The quantitative estimate of drug-likeness (QED) is 0.400. The third-order valence-electron chi connectivity index (χ3n) is 5.53. The second kappa shape index (κ2) is 11.0. The van der Waals surface area contributed by atoms with Crippen molar-refractivity contribution in [2.24, 2.45) is 0 Å². The van der Waals surface area contributed by atoms with Crippen molar-refractivity contribution in [3.05, 3.63) is 69.8 Å². The molecule has 1 atom stereocenters. The van der Waals surface area contributed by atoms with Crippen LogP contribution in [0.2, 0.25) is 0 Å². The van der Waals surface area contributed by atoms with Gasteiger partial charge in [0.1, 0.15) is 5.92 Å². The Kier molecular flexibility index (Phi) is 8.90. The molecule has 31 heavy (non-hydrogen) atoms. The third-order valence-corrected chi connectivity index (χ3v) is 6.93. The van der Waals surface area contributed by atoms with Crippen LogP contribution >= 0.6 is 11.8 Å². The topological polar surface area (TPSA) is 63.6 Å². The molecule has 2 aromatic carbocycles. The Morgan fingerprint density at radius 2 is 1.55 bits per heavy atom. The van der Waals surface area contributed by atoms with Crippen LogP contribution in [0.4, 0.5) is 0 Å². The van der Waals surface area contributed by atoms with E-state index in [-0.39, 0.29) is 19.0 Å². The molecule has 0 aliphatic carbocycles. The van der Waals surface area contributed by atoms with Gasteiger partial charge in [0.05, 0.1) is 18.0 Å². The number of benzene rings is 2. The van der Waals surface area contributed by atoms with Crippen LogP contribution in [0.1, 0.15) is 67.0 Å². The maximum Gasteiger partial charge on any atom is 0.321 e. The van der Waals surface area contributed by atoms with Crippen molar-refractivity contribution in [1.82, 2.24) is 0 Å². The maximum atomic E-state index is 13.7. The van der Waals surface area contributed by atoms with Crippen LogP contribution in [-0.2, 0) is 33.1 Å². The normalized spacial score (nSPS) is 12.5. The molecular formula is C26H34O4S. The first-order valence-electron chi connectivity index (χ1n) is 10.8. The lowest BCUT2D eigenvalue weighted by molar-refractivity contribution is -0.148. The first-order valence-corrected chi connectivity index (χ1v) is 11.8. The lowest BCUT2D eigenvalue weighted by Crippen LogP contribution is -2.38. The molecule has 1 N–H and O–H groups in total. The molecule has 0 fully saturated rings. The molecule has 2 rings (SSSR count). The number of aryl methyl sites for hydroxylation is 3. The van der Waals surface area contributed by atoms with Crippen molar-refractivity contribution in [3.63, 3.8) is 0 Å². The van der Waals surface area contributed by atoms with Crippen LogP contribution in [0.25, 0.3) is 0 Å². The number of aliphatic hydroxyl groups is 1. The van der Waals surface area contributed by atoms with Gasteiger partial charge < -0.3 is 9.84 Å². The summed E-state index contributed by atoms with van der Waals surface area (Å²) in [5.41, 5.74) is 5.77. The summed E-state index contributed by atoms with van der Waals surface area (Å²) in [6, 6.07) is 11.8. The van der Waals surface area contributed by atoms with E-state index in [1.165, 1.54) is 17.3 Å². The van der Waals surface area contributed by atoms with Gasteiger partial charge in [0.15, 0.2) is 5.78 Å². The molecule has 168 valence electrons. The summed E-state index contributed by atoms with van der Waals surface area (Å²) < 4.78 is 4.55. The number of rotatable bonds is 10. The SMILES string of the molecule is CCOC(=O)C(C(=O)C(C)(C)SCc1ccc(CO)cc1)c1c(C)cc(CC)cc1C. The molecule has 0 bridgehead atoms. The first kappa shape index (κ1) is 25.2. The van der Waals surface area contributed by atoms with Gasteiger partial charge in [-0.15, -0.1) is 11.8 Å². The van der Waals surface area contributed by atoms with Gasteiger partial charge in [-0.05, 0) is 74.4 Å². The van der Waals surface area contributed by atoms with Gasteiger partial charge in [-0.1, -0.05) is 43.3 Å². The molecule has 0 aliphatic rings. The average molecular weight is 443 g/mol. The number of aliphatic hydroxyl groups excluding tert-OH is 1. The summed E-state index contributed by atoms with van der Waals surface area (Å²) in [7, 11) is 0. The van der Waals surface area contributed by atoms with Crippen molar-refractivity contribution in [2.45, 2.75) is 71.0 Å². The average Bonchev–Trinajstić information content (AvgIpc) is 2.74. The summed E-state index contributed by atoms with van der Waals surface area (Å²) >= 11 is 1.51. The predicted octanol–water partition coefficient (Wildman–Crippen LogP) is 5.29. The number of ketones is 1. The van der Waals surface area contributed by atoms with Gasteiger partial charge in [0.2, 0.25) is 0 Å². The maximum absolute atomic E-state index is 13.7. The molecule has 2 aromatic rings. The Balaban J connectivity index is 2.34. The Morgan fingerprint density at radius 3 is 2.03 bits per heavy atom. The Morgan fingerprint density at radius 1 is 1.00 bits per heavy atom. The number of ether oxygens (including phenoxy) is 1. The third kappa shape index (κ3) is 6.20. The first-order chi connectivity index (χ1) is 14.6. The van der Waals surface area contributed by atoms with E-state index in [1.54, 1.807) is 6.92 Å². The molecule has 4 nitrogen and oxygen atoms in total. The molecular weight excluding hydrogens is 408 g/mol. The largest absolute Gasteiger partial charge is 0.465 e. The molecule has 0 aromatic heterocycles. The van der Waals surface area contributed by atoms with E-state index < -0.39 is 16.6 Å². The highest BCUT2D eigenvalue weighted by Crippen LogP contribution is 2.37. The van der Waals surface area contributed by atoms with E-state index in [0.717, 1.165) is 34.2 Å². The second-order valence-electron chi connectivity index (χ2n) is 8.32. The fourth-order valence-electron chi connectivity index (χ4n) is 3.73. The van der Waals surface area contributed by atoms with Gasteiger partial charge >= 0.3 is 5.97 Å². The smallest absolute Gasteiger partial charge is 0.321 e. The zero-order valence-electron chi connectivity index (χ0n) is 19.5. The van der Waals surface area contributed by atoms with Crippen LogP contribution in [0, 0.1) is 13.8 Å². The van der Waals surface area contributed by atoms with Gasteiger partial charge in [0, 0.05) is 5.75 Å². The van der Waals surface area contributed by atoms with Crippen LogP contribution < -0.4 is 0 Å². The van der Waals surface area contributed by atoms with Crippen LogP contribution in [-0.4, -0.2) is 28.2 Å². The van der Waals surface area contributed by atoms with Gasteiger partial charge in [0.25, 0.3) is 0 Å². The highest BCUT2D eigenvalue weighted by molar-refractivity contribution is 8.00. The van der Waals surface area contributed by atoms with Gasteiger partial charge in [-0.2, -0.15) is 0 Å². The summed E-state index contributed by atoms with van der Waals surface area (Å²) in [6.45, 7) is 11.8. The number of esters is 1. The van der Waals surface area contributed by atoms with E-state index in [9.17, 15) is 14.7 Å². The Bertz CT molecular complexity index is 892. The minimum absolute atomic E-state index is 0.00808. The Hall–Kier alpha value is -2.11. The van der Waals surface area contributed by atoms with E-state index in [0.29, 0.717) is 5.75 Å². The van der Waals surface area contributed by atoms with E-state index in [4.69, 9.17) is 4.74 Å². The molecule has 0 saturated carbocycles. The van der Waals surface area contributed by atoms with Gasteiger partial charge in [-0.3, -0.25) is 9.59 Å². The number of carbonyl (C=O) groups excluding carboxylic acids is 2. The molecule has 0 saturated heterocycles. The fourth-order valence-corrected chi connectivity index (χ4v) is 4.71. The summed E-state index contributed by atoms with van der Waals surface area (Å²) in [5, 5.41) is 9.21. The molecule has 0 heterocycles. The van der Waals surface area contributed by atoms with Gasteiger partial charge in [-0.25, -0.2) is 0 Å². The highest BCUT2D eigenvalue weighted by atomic mass is 32.2. The number of carbonyl (C=O) groups is 2. The van der Waals surface area contributed by atoms with Crippen LogP contribution in [0.5, 0.6) is 0 Å². The number of hydrogen-bond acceptors (Lipinski definition) is 5. The minimum Gasteiger partial charge on any atom is -0.465 e. The minimum atomic E-state index is -0.940. The standard InChI is InChI=1S/C26H34O4S/c1-7-19-13-17(3)22(18(4)14-19)23(25(29)30-8-2)24(28)26(5,6)31-16-21-11-9-20(15-27)10-12-21/h9-14,23,27H,7-8,15-16H2,1-6H3. The van der Waals surface area contributed by atoms with E-state index in [1.807, 2.05) is 52.0 Å². The second-order valence-corrected chi connectivity index (χ2v) is 9.92. The fraction of sp³-hybridized carbons (Fsp3) is 0.462. The van der Waals surface area contributed by atoms with Crippen molar-refractivity contribution in [2.75, 3.05) is 6.61 Å². The van der Waals surface area contributed by atoms with E-state index >= 15 is 0 Å². The number of thioether (sulfide) groups is 1. The summed E-state index contributed by atoms with van der Waals surface area (Å²) in [6.07, 6.45) is 0.899. The van der Waals surface area contributed by atoms with Crippen molar-refractivity contribution < 1.29 is 19.4 Å². The molecule has 5 heteroatoms. The molecule has 0 radical (unpaired) electrons. The number of Topliss-reactive ketones (excluding diaryl/α,β-unsaturated/α-hetero) is 1. The predicted molar refractivity (Wildman–Crippen MR) is 127 cm³/mol. The monoisotopic (exact) mass is 442 g/mol. The number of hydrogen-bond donors (Lipinski definition) is 1. The summed E-state index contributed by atoms with van der Waals surface area (Å²) in [4.78, 5) is 26.7. The zero-order chi connectivity index (χ0) is 23.2. The lowest BCUT2D eigenvalue weighted by Gasteiger charge is -2.29. The van der Waals surface area contributed by atoms with Crippen molar-refractivity contribution in [3.8, 4) is 0 Å². The van der Waals surface area contributed by atoms with Crippen LogP contribution in [0.15, 0.2) is 36.4 Å². The van der Waals surface area contributed by atoms with E-state index in [2.05, 4.69) is 19.1 Å². The summed E-state index contributed by atoms with van der Waals surface area (Å²) in [5.74, 6) is -0.931. The van der Waals surface area contributed by atoms with Crippen molar-refractivity contribution in [1.29, 1.82) is 0 Å². The van der Waals surface area contributed by atoms with Crippen molar-refractivity contribution >= 4 is 23.5 Å². The van der Waals surface area contributed by atoms with Crippen LogP contribution in [0.3, 0.4) is 0 Å². The molecule has 0 aliphatic heterocycles. The molecule has 0 spiro atoms. The lowest BCUT2D eigenvalue weighted by atomic mass is 9.82.